The lowest BCUT2D eigenvalue weighted by Gasteiger charge is -2.34. The van der Waals surface area contributed by atoms with Gasteiger partial charge in [0.25, 0.3) is 0 Å². The maximum Gasteiger partial charge on any atom is 0.193 e. The molecular formula is C19H32N4. The van der Waals surface area contributed by atoms with Gasteiger partial charge < -0.3 is 15.1 Å². The molecule has 1 unspecified atom stereocenters. The van der Waals surface area contributed by atoms with E-state index in [1.807, 2.05) is 7.05 Å². The van der Waals surface area contributed by atoms with Crippen LogP contribution in [0.2, 0.25) is 0 Å². The van der Waals surface area contributed by atoms with Crippen LogP contribution in [0.5, 0.6) is 0 Å². The Balaban J connectivity index is 1.86. The first-order chi connectivity index (χ1) is 10.9. The number of rotatable bonds is 5. The van der Waals surface area contributed by atoms with E-state index < -0.39 is 0 Å². The summed E-state index contributed by atoms with van der Waals surface area (Å²) in [4.78, 5) is 9.13. The van der Waals surface area contributed by atoms with Crippen LogP contribution in [0, 0.1) is 5.92 Å². The summed E-state index contributed by atoms with van der Waals surface area (Å²) >= 11 is 0. The molecule has 0 saturated carbocycles. The van der Waals surface area contributed by atoms with Gasteiger partial charge in [0.2, 0.25) is 0 Å². The summed E-state index contributed by atoms with van der Waals surface area (Å²) in [5.74, 6) is 1.76. The van der Waals surface area contributed by atoms with Gasteiger partial charge in [-0.15, -0.1) is 0 Å². The zero-order valence-corrected chi connectivity index (χ0v) is 15.3. The molecule has 0 aromatic heterocycles. The van der Waals surface area contributed by atoms with Gasteiger partial charge in [-0.05, 0) is 52.3 Å². The molecule has 4 nitrogen and oxygen atoms in total. The predicted octanol–water partition coefficient (Wildman–Crippen LogP) is 2.47. The van der Waals surface area contributed by atoms with E-state index in [-0.39, 0.29) is 5.54 Å². The molecule has 128 valence electrons. The molecule has 0 radical (unpaired) electrons. The van der Waals surface area contributed by atoms with E-state index in [4.69, 9.17) is 0 Å². The van der Waals surface area contributed by atoms with Crippen molar-refractivity contribution in [3.8, 4) is 0 Å². The monoisotopic (exact) mass is 316 g/mol. The summed E-state index contributed by atoms with van der Waals surface area (Å²) in [6.07, 6.45) is 2.41. The van der Waals surface area contributed by atoms with Gasteiger partial charge in [-0.25, -0.2) is 0 Å². The second-order valence-electron chi connectivity index (χ2n) is 7.40. The van der Waals surface area contributed by atoms with E-state index in [0.717, 1.165) is 37.9 Å². The van der Waals surface area contributed by atoms with Crippen molar-refractivity contribution in [2.45, 2.75) is 32.2 Å². The molecule has 1 heterocycles. The van der Waals surface area contributed by atoms with Crippen LogP contribution in [0.15, 0.2) is 35.3 Å². The Hall–Kier alpha value is -1.55. The van der Waals surface area contributed by atoms with Crippen LogP contribution in [0.4, 0.5) is 0 Å². The fourth-order valence-corrected chi connectivity index (χ4v) is 2.92. The lowest BCUT2D eigenvalue weighted by molar-refractivity contribution is 0.196. The molecule has 0 bridgehead atoms. The average Bonchev–Trinajstić information content (AvgIpc) is 2.97. The first-order valence-electron chi connectivity index (χ1n) is 8.59. The number of nitrogens with zero attached hydrogens (tertiary/aromatic N) is 3. The molecule has 0 amide bonds. The highest BCUT2D eigenvalue weighted by molar-refractivity contribution is 5.80. The van der Waals surface area contributed by atoms with Gasteiger partial charge in [0.1, 0.15) is 0 Å². The van der Waals surface area contributed by atoms with Gasteiger partial charge in [0, 0.05) is 32.2 Å². The smallest absolute Gasteiger partial charge is 0.193 e. The van der Waals surface area contributed by atoms with E-state index in [1.54, 1.807) is 0 Å². The minimum Gasteiger partial charge on any atom is -0.354 e. The Bertz CT molecular complexity index is 507. The molecule has 1 saturated heterocycles. The molecule has 23 heavy (non-hydrogen) atoms. The zero-order chi connectivity index (χ0) is 16.9. The SMILES string of the molecule is CN=C(NCC(C)(C)N(C)C)N1CCC(Cc2ccccc2)C1. The van der Waals surface area contributed by atoms with Crippen LogP contribution in [-0.4, -0.2) is 62.1 Å². The van der Waals surface area contributed by atoms with Gasteiger partial charge in [-0.1, -0.05) is 30.3 Å². The van der Waals surface area contributed by atoms with Crippen molar-refractivity contribution in [3.05, 3.63) is 35.9 Å². The predicted molar refractivity (Wildman–Crippen MR) is 99.0 cm³/mol. The topological polar surface area (TPSA) is 30.9 Å². The third kappa shape index (κ3) is 4.96. The molecule has 2 rings (SSSR count). The number of hydrogen-bond donors (Lipinski definition) is 1. The summed E-state index contributed by atoms with van der Waals surface area (Å²) in [6.45, 7) is 7.58. The lowest BCUT2D eigenvalue weighted by atomic mass is 9.99. The molecule has 1 aromatic carbocycles. The molecule has 1 fully saturated rings. The van der Waals surface area contributed by atoms with Crippen molar-refractivity contribution in [3.63, 3.8) is 0 Å². The zero-order valence-electron chi connectivity index (χ0n) is 15.3. The lowest BCUT2D eigenvalue weighted by Crippen LogP contribution is -2.51. The molecular weight excluding hydrogens is 284 g/mol. The van der Waals surface area contributed by atoms with Gasteiger partial charge in [0.05, 0.1) is 0 Å². The number of guanidine groups is 1. The Morgan fingerprint density at radius 1 is 1.30 bits per heavy atom. The third-order valence-corrected chi connectivity index (χ3v) is 5.05. The summed E-state index contributed by atoms with van der Waals surface area (Å²) < 4.78 is 0. The molecule has 1 aliphatic heterocycles. The minimum atomic E-state index is 0.110. The van der Waals surface area contributed by atoms with Crippen LogP contribution in [0.1, 0.15) is 25.8 Å². The molecule has 1 atom stereocenters. The van der Waals surface area contributed by atoms with Crippen molar-refractivity contribution in [2.75, 3.05) is 40.8 Å². The maximum absolute atomic E-state index is 4.49. The number of likely N-dealkylation sites (tertiary alicyclic amines) is 1. The van der Waals surface area contributed by atoms with Crippen molar-refractivity contribution < 1.29 is 0 Å². The normalized spacial score (nSPS) is 19.5. The fourth-order valence-electron chi connectivity index (χ4n) is 2.92. The Morgan fingerprint density at radius 2 is 2.00 bits per heavy atom. The molecule has 4 heteroatoms. The van der Waals surface area contributed by atoms with Gasteiger partial charge in [-0.2, -0.15) is 0 Å². The van der Waals surface area contributed by atoms with Crippen molar-refractivity contribution in [1.82, 2.24) is 15.1 Å². The highest BCUT2D eigenvalue weighted by Gasteiger charge is 2.27. The van der Waals surface area contributed by atoms with Crippen LogP contribution >= 0.6 is 0 Å². The van der Waals surface area contributed by atoms with Crippen LogP contribution < -0.4 is 5.32 Å². The van der Waals surface area contributed by atoms with Gasteiger partial charge in [-0.3, -0.25) is 4.99 Å². The molecule has 1 aliphatic rings. The van der Waals surface area contributed by atoms with Crippen molar-refractivity contribution >= 4 is 5.96 Å². The maximum atomic E-state index is 4.49. The second kappa shape index (κ2) is 7.82. The largest absolute Gasteiger partial charge is 0.354 e. The summed E-state index contributed by atoms with van der Waals surface area (Å²) in [5.41, 5.74) is 1.55. The van der Waals surface area contributed by atoms with E-state index in [9.17, 15) is 0 Å². The Labute approximate surface area is 141 Å². The first-order valence-corrected chi connectivity index (χ1v) is 8.59. The highest BCUT2D eigenvalue weighted by atomic mass is 15.3. The third-order valence-electron chi connectivity index (χ3n) is 5.05. The van der Waals surface area contributed by atoms with Gasteiger partial charge in [0.15, 0.2) is 5.96 Å². The second-order valence-corrected chi connectivity index (χ2v) is 7.40. The number of hydrogen-bond acceptors (Lipinski definition) is 2. The van der Waals surface area contributed by atoms with Crippen LogP contribution in [-0.2, 0) is 6.42 Å². The van der Waals surface area contributed by atoms with E-state index in [1.165, 1.54) is 12.0 Å². The first kappa shape index (κ1) is 17.8. The summed E-state index contributed by atoms with van der Waals surface area (Å²) in [5, 5.41) is 3.55. The minimum absolute atomic E-state index is 0.110. The van der Waals surface area contributed by atoms with Crippen molar-refractivity contribution in [1.29, 1.82) is 0 Å². The number of aliphatic imine (C=N–C) groups is 1. The highest BCUT2D eigenvalue weighted by Crippen LogP contribution is 2.21. The summed E-state index contributed by atoms with van der Waals surface area (Å²) in [6, 6.07) is 10.8. The van der Waals surface area contributed by atoms with Crippen LogP contribution in [0.25, 0.3) is 0 Å². The van der Waals surface area contributed by atoms with Crippen molar-refractivity contribution in [2.24, 2.45) is 10.9 Å². The number of nitrogens with one attached hydrogen (secondary N) is 1. The van der Waals surface area contributed by atoms with E-state index >= 15 is 0 Å². The van der Waals surface area contributed by atoms with E-state index in [0.29, 0.717) is 0 Å². The molecule has 1 aromatic rings. The standard InChI is InChI=1S/C19H32N4/c1-19(2,22(4)5)15-21-18(20-3)23-12-11-17(14-23)13-16-9-7-6-8-10-16/h6-10,17H,11-15H2,1-5H3,(H,20,21). The van der Waals surface area contributed by atoms with Gasteiger partial charge >= 0.3 is 0 Å². The van der Waals surface area contributed by atoms with Crippen LogP contribution in [0.3, 0.4) is 0 Å². The fraction of sp³-hybridized carbons (Fsp3) is 0.632. The number of benzene rings is 1. The molecule has 1 N–H and O–H groups in total. The summed E-state index contributed by atoms with van der Waals surface area (Å²) in [7, 11) is 6.13. The quantitative estimate of drug-likeness (QED) is 0.669. The molecule has 0 aliphatic carbocycles. The molecule has 0 spiro atoms. The Kier molecular flexibility index (Phi) is 6.05. The van der Waals surface area contributed by atoms with E-state index in [2.05, 4.69) is 78.4 Å². The number of likely N-dealkylation sites (N-methyl/N-ethyl adjacent to an activating group) is 1. The average molecular weight is 316 g/mol. The Morgan fingerprint density at radius 3 is 2.61 bits per heavy atom.